The van der Waals surface area contributed by atoms with Crippen LogP contribution in [0.5, 0.6) is 5.75 Å². The summed E-state index contributed by atoms with van der Waals surface area (Å²) in [6.45, 7) is 0.947. The molecule has 5 heteroatoms. The lowest BCUT2D eigenvalue weighted by atomic mass is 10.1. The molecule has 1 aromatic heterocycles. The van der Waals surface area contributed by atoms with Gasteiger partial charge < -0.3 is 9.72 Å². The van der Waals surface area contributed by atoms with Crippen LogP contribution in [-0.4, -0.2) is 28.2 Å². The van der Waals surface area contributed by atoms with Gasteiger partial charge in [0, 0.05) is 36.5 Å². The molecule has 0 bridgehead atoms. The zero-order valence-electron chi connectivity index (χ0n) is 14.4. The Labute approximate surface area is 151 Å². The van der Waals surface area contributed by atoms with E-state index in [9.17, 15) is 9.59 Å². The number of fused-ring (bicyclic) bond motifs is 1. The molecule has 132 valence electrons. The van der Waals surface area contributed by atoms with Crippen LogP contribution in [-0.2, 0) is 22.6 Å². The first-order valence-corrected chi connectivity index (χ1v) is 8.80. The Morgan fingerprint density at radius 2 is 1.77 bits per heavy atom. The molecule has 2 amide bonds. The second kappa shape index (κ2) is 7.04. The zero-order chi connectivity index (χ0) is 17.9. The highest BCUT2D eigenvalue weighted by Crippen LogP contribution is 2.25. The topological polar surface area (TPSA) is 62.4 Å². The van der Waals surface area contributed by atoms with Gasteiger partial charge >= 0.3 is 0 Å². The fourth-order valence-electron chi connectivity index (χ4n) is 3.30. The molecule has 0 spiro atoms. The Balaban J connectivity index is 1.47. The van der Waals surface area contributed by atoms with Crippen molar-refractivity contribution >= 4 is 22.7 Å². The fraction of sp³-hybridized carbons (Fsp3) is 0.238. The summed E-state index contributed by atoms with van der Waals surface area (Å²) in [6, 6.07) is 16.0. The minimum Gasteiger partial charge on any atom is -0.489 e. The number of ether oxygens (including phenoxy) is 1. The largest absolute Gasteiger partial charge is 0.489 e. The number of aromatic nitrogens is 1. The lowest BCUT2D eigenvalue weighted by molar-refractivity contribution is -0.138. The van der Waals surface area contributed by atoms with Crippen molar-refractivity contribution in [2.75, 3.05) is 6.54 Å². The van der Waals surface area contributed by atoms with Crippen LogP contribution in [0.25, 0.3) is 10.9 Å². The van der Waals surface area contributed by atoms with Gasteiger partial charge in [-0.05, 0) is 35.7 Å². The number of carbonyl (C=O) groups excluding carboxylic acids is 2. The summed E-state index contributed by atoms with van der Waals surface area (Å²) in [7, 11) is 0. The molecule has 1 N–H and O–H groups in total. The van der Waals surface area contributed by atoms with Gasteiger partial charge in [-0.1, -0.05) is 30.3 Å². The first kappa shape index (κ1) is 16.4. The third-order valence-corrected chi connectivity index (χ3v) is 4.75. The number of aromatic amines is 1. The van der Waals surface area contributed by atoms with Crippen LogP contribution in [0, 0.1) is 0 Å². The number of benzene rings is 2. The molecule has 26 heavy (non-hydrogen) atoms. The summed E-state index contributed by atoms with van der Waals surface area (Å²) in [5.41, 5.74) is 3.22. The van der Waals surface area contributed by atoms with Crippen LogP contribution in [0.4, 0.5) is 0 Å². The molecule has 5 nitrogen and oxygen atoms in total. The van der Waals surface area contributed by atoms with Crippen molar-refractivity contribution in [1.29, 1.82) is 0 Å². The molecule has 0 unspecified atom stereocenters. The molecular formula is C21H20N2O3. The molecule has 1 aliphatic rings. The van der Waals surface area contributed by atoms with Gasteiger partial charge in [-0.2, -0.15) is 0 Å². The molecule has 0 saturated carbocycles. The van der Waals surface area contributed by atoms with Gasteiger partial charge in [-0.15, -0.1) is 0 Å². The third-order valence-electron chi connectivity index (χ3n) is 4.75. The van der Waals surface area contributed by atoms with Crippen LogP contribution >= 0.6 is 0 Å². The molecule has 0 aliphatic carbocycles. The van der Waals surface area contributed by atoms with Crippen molar-refractivity contribution in [3.05, 3.63) is 65.9 Å². The summed E-state index contributed by atoms with van der Waals surface area (Å²) in [4.78, 5) is 28.1. The second-order valence-corrected chi connectivity index (χ2v) is 6.48. The molecule has 0 atom stereocenters. The van der Waals surface area contributed by atoms with Crippen molar-refractivity contribution in [3.8, 4) is 5.75 Å². The van der Waals surface area contributed by atoms with Gasteiger partial charge in [-0.25, -0.2) is 0 Å². The highest BCUT2D eigenvalue weighted by atomic mass is 16.5. The number of likely N-dealkylation sites (tertiary alicyclic amines) is 1. The van der Waals surface area contributed by atoms with E-state index in [2.05, 4.69) is 4.98 Å². The Kier molecular flexibility index (Phi) is 4.44. The van der Waals surface area contributed by atoms with Gasteiger partial charge in [0.1, 0.15) is 12.4 Å². The molecule has 2 aromatic carbocycles. The average molecular weight is 348 g/mol. The predicted octanol–water partition coefficient (Wildman–Crippen LogP) is 3.44. The van der Waals surface area contributed by atoms with E-state index in [-0.39, 0.29) is 11.8 Å². The Bertz CT molecular complexity index is 930. The van der Waals surface area contributed by atoms with Gasteiger partial charge in [0.2, 0.25) is 11.8 Å². The molecule has 1 aliphatic heterocycles. The zero-order valence-corrected chi connectivity index (χ0v) is 14.4. The van der Waals surface area contributed by atoms with E-state index in [1.165, 1.54) is 4.90 Å². The van der Waals surface area contributed by atoms with Crippen LogP contribution in [0.1, 0.15) is 24.0 Å². The molecule has 1 fully saturated rings. The van der Waals surface area contributed by atoms with E-state index < -0.39 is 0 Å². The first-order chi connectivity index (χ1) is 12.7. The van der Waals surface area contributed by atoms with Crippen molar-refractivity contribution in [3.63, 3.8) is 0 Å². The van der Waals surface area contributed by atoms with Gasteiger partial charge in [0.25, 0.3) is 0 Å². The van der Waals surface area contributed by atoms with E-state index in [1.807, 2.05) is 54.7 Å². The second-order valence-electron chi connectivity index (χ2n) is 6.48. The van der Waals surface area contributed by atoms with Gasteiger partial charge in [0.15, 0.2) is 0 Å². The molecule has 1 saturated heterocycles. The quantitative estimate of drug-likeness (QED) is 0.694. The standard InChI is InChI=1S/C21H20N2O3/c24-20-8-9-21(25)23(20)11-10-16-13-22-19-7-6-17(12-18(16)19)26-14-15-4-2-1-3-5-15/h1-7,12-13,22H,8-11,14H2. The summed E-state index contributed by atoms with van der Waals surface area (Å²) in [5, 5.41) is 1.06. The van der Waals surface area contributed by atoms with Crippen molar-refractivity contribution in [1.82, 2.24) is 9.88 Å². The highest BCUT2D eigenvalue weighted by Gasteiger charge is 2.28. The van der Waals surface area contributed by atoms with Crippen molar-refractivity contribution in [2.45, 2.75) is 25.9 Å². The number of H-pyrrole nitrogens is 1. The minimum absolute atomic E-state index is 0.0678. The number of carbonyl (C=O) groups is 2. The Hall–Kier alpha value is -3.08. The molecular weight excluding hydrogens is 328 g/mol. The lowest BCUT2D eigenvalue weighted by Gasteiger charge is -2.13. The maximum atomic E-state index is 11.8. The van der Waals surface area contributed by atoms with Crippen LogP contribution in [0.15, 0.2) is 54.7 Å². The van der Waals surface area contributed by atoms with E-state index in [0.717, 1.165) is 27.8 Å². The Morgan fingerprint density at radius 3 is 2.54 bits per heavy atom. The van der Waals surface area contributed by atoms with E-state index in [0.29, 0.717) is 32.4 Å². The SMILES string of the molecule is O=C1CCC(=O)N1CCc1c[nH]c2ccc(OCc3ccccc3)cc12. The fourth-order valence-corrected chi connectivity index (χ4v) is 3.30. The average Bonchev–Trinajstić information content (AvgIpc) is 3.22. The van der Waals surface area contributed by atoms with Gasteiger partial charge in [0.05, 0.1) is 0 Å². The number of nitrogens with zero attached hydrogens (tertiary/aromatic N) is 1. The number of hydrogen-bond acceptors (Lipinski definition) is 3. The molecule has 2 heterocycles. The monoisotopic (exact) mass is 348 g/mol. The smallest absolute Gasteiger partial charge is 0.229 e. The lowest BCUT2D eigenvalue weighted by Crippen LogP contribution is -2.31. The normalized spacial score (nSPS) is 14.4. The van der Waals surface area contributed by atoms with E-state index in [4.69, 9.17) is 4.74 Å². The minimum atomic E-state index is -0.0678. The molecule has 4 rings (SSSR count). The van der Waals surface area contributed by atoms with Crippen molar-refractivity contribution < 1.29 is 14.3 Å². The maximum absolute atomic E-state index is 11.8. The molecule has 3 aromatic rings. The number of hydrogen-bond donors (Lipinski definition) is 1. The number of nitrogens with one attached hydrogen (secondary N) is 1. The van der Waals surface area contributed by atoms with E-state index in [1.54, 1.807) is 0 Å². The highest BCUT2D eigenvalue weighted by molar-refractivity contribution is 6.02. The number of rotatable bonds is 6. The van der Waals surface area contributed by atoms with Crippen LogP contribution < -0.4 is 4.74 Å². The summed E-state index contributed by atoms with van der Waals surface area (Å²) < 4.78 is 5.90. The van der Waals surface area contributed by atoms with Gasteiger partial charge in [-0.3, -0.25) is 14.5 Å². The summed E-state index contributed by atoms with van der Waals surface area (Å²) in [6.07, 6.45) is 3.25. The van der Waals surface area contributed by atoms with Crippen LogP contribution in [0.3, 0.4) is 0 Å². The summed E-state index contributed by atoms with van der Waals surface area (Å²) in [5.74, 6) is 0.666. The first-order valence-electron chi connectivity index (χ1n) is 8.80. The summed E-state index contributed by atoms with van der Waals surface area (Å²) >= 11 is 0. The van der Waals surface area contributed by atoms with Crippen LogP contribution in [0.2, 0.25) is 0 Å². The third kappa shape index (κ3) is 3.33. The Morgan fingerprint density at radius 1 is 1.00 bits per heavy atom. The number of amides is 2. The van der Waals surface area contributed by atoms with E-state index >= 15 is 0 Å². The maximum Gasteiger partial charge on any atom is 0.229 e. The predicted molar refractivity (Wildman–Crippen MR) is 98.7 cm³/mol. The molecule has 0 radical (unpaired) electrons. The van der Waals surface area contributed by atoms with Crippen molar-refractivity contribution in [2.24, 2.45) is 0 Å². The number of imide groups is 1.